The van der Waals surface area contributed by atoms with Crippen molar-refractivity contribution < 1.29 is 50.3 Å². The molecule has 1 aliphatic rings. The number of unbranched alkanes of at least 4 members (excludes halogenated alkanes) is 2. The standard InChI is InChI=1S/C17H35NO10/c1-2-3-4-5-18-6-9(21)12(23)16(10(22)7-19)28-17-15(26)14(25)13(24)11(8-20)27-17/h9-26H,2-8H2,1H3/t9?,10?,11?,12-,13+,14+,15?,16-,17+/m1/s1. The summed E-state index contributed by atoms with van der Waals surface area (Å²) in [6.45, 7) is 1.19. The number of hydrogen-bond acceptors (Lipinski definition) is 11. The summed E-state index contributed by atoms with van der Waals surface area (Å²) in [5.41, 5.74) is 0. The highest BCUT2D eigenvalue weighted by Crippen LogP contribution is 2.24. The number of aliphatic hydroxyl groups excluding tert-OH is 8. The van der Waals surface area contributed by atoms with Crippen LogP contribution < -0.4 is 5.32 Å². The first-order valence-corrected chi connectivity index (χ1v) is 9.60. The number of hydrogen-bond donors (Lipinski definition) is 9. The average Bonchev–Trinajstić information content (AvgIpc) is 2.70. The lowest BCUT2D eigenvalue weighted by atomic mass is 9.98. The fourth-order valence-electron chi connectivity index (χ4n) is 2.93. The smallest absolute Gasteiger partial charge is 0.187 e. The van der Waals surface area contributed by atoms with Crippen LogP contribution in [0.15, 0.2) is 0 Å². The maximum atomic E-state index is 10.4. The van der Waals surface area contributed by atoms with Gasteiger partial charge in [-0.25, -0.2) is 0 Å². The highest BCUT2D eigenvalue weighted by molar-refractivity contribution is 4.91. The maximum Gasteiger partial charge on any atom is 0.187 e. The molecular formula is C17H35NO10. The third-order valence-corrected chi connectivity index (χ3v) is 4.75. The fourth-order valence-corrected chi connectivity index (χ4v) is 2.93. The lowest BCUT2D eigenvalue weighted by Gasteiger charge is -2.42. The van der Waals surface area contributed by atoms with E-state index < -0.39 is 68.3 Å². The predicted octanol–water partition coefficient (Wildman–Crippen LogP) is -3.97. The molecule has 11 heteroatoms. The summed E-state index contributed by atoms with van der Waals surface area (Å²) >= 11 is 0. The topological polar surface area (TPSA) is 192 Å². The fraction of sp³-hybridized carbons (Fsp3) is 1.00. The molecule has 0 spiro atoms. The van der Waals surface area contributed by atoms with E-state index in [9.17, 15) is 40.9 Å². The van der Waals surface area contributed by atoms with Crippen molar-refractivity contribution in [2.24, 2.45) is 0 Å². The van der Waals surface area contributed by atoms with Crippen LogP contribution in [0.1, 0.15) is 26.2 Å². The normalized spacial score (nSPS) is 32.7. The molecule has 9 N–H and O–H groups in total. The van der Waals surface area contributed by atoms with Crippen molar-refractivity contribution in [3.05, 3.63) is 0 Å². The van der Waals surface area contributed by atoms with Gasteiger partial charge in [-0.1, -0.05) is 19.8 Å². The Morgan fingerprint density at radius 2 is 1.64 bits per heavy atom. The highest BCUT2D eigenvalue weighted by Gasteiger charge is 2.46. The van der Waals surface area contributed by atoms with Crippen LogP contribution >= 0.6 is 0 Å². The Bertz CT molecular complexity index is 415. The van der Waals surface area contributed by atoms with E-state index in [4.69, 9.17) is 9.47 Å². The third-order valence-electron chi connectivity index (χ3n) is 4.75. The molecular weight excluding hydrogens is 378 g/mol. The van der Waals surface area contributed by atoms with Crippen LogP contribution in [0.25, 0.3) is 0 Å². The maximum absolute atomic E-state index is 10.4. The monoisotopic (exact) mass is 413 g/mol. The Balaban J connectivity index is 2.73. The van der Waals surface area contributed by atoms with Crippen molar-refractivity contribution in [2.75, 3.05) is 26.3 Å². The van der Waals surface area contributed by atoms with E-state index in [1.165, 1.54) is 0 Å². The first-order valence-electron chi connectivity index (χ1n) is 9.60. The van der Waals surface area contributed by atoms with Gasteiger partial charge < -0.3 is 55.6 Å². The van der Waals surface area contributed by atoms with E-state index in [1.807, 2.05) is 0 Å². The summed E-state index contributed by atoms with van der Waals surface area (Å²) in [6.07, 6.45) is -11.2. The van der Waals surface area contributed by atoms with Crippen LogP contribution in [0.3, 0.4) is 0 Å². The van der Waals surface area contributed by atoms with Crippen LogP contribution in [0.5, 0.6) is 0 Å². The molecule has 9 atom stereocenters. The van der Waals surface area contributed by atoms with Crippen LogP contribution in [0.4, 0.5) is 0 Å². The molecule has 4 unspecified atom stereocenters. The van der Waals surface area contributed by atoms with Crippen molar-refractivity contribution >= 4 is 0 Å². The number of rotatable bonds is 13. The molecule has 0 bridgehead atoms. The molecule has 1 saturated heterocycles. The summed E-state index contributed by atoms with van der Waals surface area (Å²) in [7, 11) is 0. The van der Waals surface area contributed by atoms with Gasteiger partial charge in [-0.3, -0.25) is 0 Å². The summed E-state index contributed by atoms with van der Waals surface area (Å²) in [4.78, 5) is 0. The lowest BCUT2D eigenvalue weighted by Crippen LogP contribution is -2.61. The Kier molecular flexibility index (Phi) is 11.9. The SMILES string of the molecule is CCCCCNCC(O)[C@@H](O)[C@H](O[C@@H]1OC(CO)[C@H](O)[C@H](O)C1O)C(O)CO. The van der Waals surface area contributed by atoms with Crippen molar-refractivity contribution in [3.8, 4) is 0 Å². The van der Waals surface area contributed by atoms with Gasteiger partial charge in [-0.05, 0) is 13.0 Å². The van der Waals surface area contributed by atoms with E-state index in [-0.39, 0.29) is 6.54 Å². The van der Waals surface area contributed by atoms with Gasteiger partial charge in [-0.15, -0.1) is 0 Å². The van der Waals surface area contributed by atoms with E-state index in [2.05, 4.69) is 12.2 Å². The van der Waals surface area contributed by atoms with Gasteiger partial charge in [0.1, 0.15) is 42.7 Å². The molecule has 11 nitrogen and oxygen atoms in total. The summed E-state index contributed by atoms with van der Waals surface area (Å²) < 4.78 is 10.5. The minimum absolute atomic E-state index is 0.00241. The molecule has 0 amide bonds. The van der Waals surface area contributed by atoms with Crippen molar-refractivity contribution in [3.63, 3.8) is 0 Å². The van der Waals surface area contributed by atoms with E-state index in [1.54, 1.807) is 0 Å². The first-order chi connectivity index (χ1) is 13.3. The number of aliphatic hydroxyl groups is 8. The quantitative estimate of drug-likeness (QED) is 0.134. The summed E-state index contributed by atoms with van der Waals surface area (Å²) in [5, 5.41) is 81.5. The molecule has 0 radical (unpaired) electrons. The zero-order valence-corrected chi connectivity index (χ0v) is 16.0. The van der Waals surface area contributed by atoms with Gasteiger partial charge in [0.25, 0.3) is 0 Å². The largest absolute Gasteiger partial charge is 0.394 e. The molecule has 0 aromatic rings. The van der Waals surface area contributed by atoms with Gasteiger partial charge in [0.05, 0.1) is 19.3 Å². The Morgan fingerprint density at radius 1 is 0.964 bits per heavy atom. The van der Waals surface area contributed by atoms with Crippen molar-refractivity contribution in [1.29, 1.82) is 0 Å². The van der Waals surface area contributed by atoms with E-state index in [0.717, 1.165) is 19.3 Å². The Hall–Kier alpha value is -0.440. The molecule has 1 heterocycles. The van der Waals surface area contributed by atoms with Crippen LogP contribution in [-0.4, -0.2) is 122 Å². The first kappa shape index (κ1) is 25.6. The second-order valence-electron chi connectivity index (χ2n) is 7.02. The van der Waals surface area contributed by atoms with Gasteiger partial charge in [0, 0.05) is 6.54 Å². The van der Waals surface area contributed by atoms with E-state index in [0.29, 0.717) is 6.54 Å². The summed E-state index contributed by atoms with van der Waals surface area (Å²) in [6, 6.07) is 0. The van der Waals surface area contributed by atoms with Crippen molar-refractivity contribution in [1.82, 2.24) is 5.32 Å². The number of ether oxygens (including phenoxy) is 2. The third kappa shape index (κ3) is 7.11. The lowest BCUT2D eigenvalue weighted by molar-refractivity contribution is -0.327. The van der Waals surface area contributed by atoms with Gasteiger partial charge in [-0.2, -0.15) is 0 Å². The molecule has 1 rings (SSSR count). The van der Waals surface area contributed by atoms with Gasteiger partial charge in [0.15, 0.2) is 6.29 Å². The molecule has 0 saturated carbocycles. The minimum Gasteiger partial charge on any atom is -0.394 e. The molecule has 0 aromatic carbocycles. The summed E-state index contributed by atoms with van der Waals surface area (Å²) in [5.74, 6) is 0. The zero-order chi connectivity index (χ0) is 21.3. The highest BCUT2D eigenvalue weighted by atomic mass is 16.7. The second-order valence-corrected chi connectivity index (χ2v) is 7.02. The molecule has 0 aromatic heterocycles. The second kappa shape index (κ2) is 13.0. The van der Waals surface area contributed by atoms with E-state index >= 15 is 0 Å². The predicted molar refractivity (Wildman–Crippen MR) is 96.1 cm³/mol. The van der Waals surface area contributed by atoms with Gasteiger partial charge in [0.2, 0.25) is 0 Å². The Labute approximate surface area is 164 Å². The molecule has 1 fully saturated rings. The minimum atomic E-state index is -1.75. The molecule has 168 valence electrons. The van der Waals surface area contributed by atoms with Crippen LogP contribution in [-0.2, 0) is 9.47 Å². The number of nitrogens with one attached hydrogen (secondary N) is 1. The zero-order valence-electron chi connectivity index (χ0n) is 16.0. The van der Waals surface area contributed by atoms with Crippen LogP contribution in [0, 0.1) is 0 Å². The van der Waals surface area contributed by atoms with Gasteiger partial charge >= 0.3 is 0 Å². The average molecular weight is 413 g/mol. The Morgan fingerprint density at radius 3 is 2.21 bits per heavy atom. The molecule has 28 heavy (non-hydrogen) atoms. The molecule has 0 aliphatic carbocycles. The van der Waals surface area contributed by atoms with Crippen molar-refractivity contribution in [2.45, 2.75) is 81.3 Å². The molecule has 1 aliphatic heterocycles. The van der Waals surface area contributed by atoms with Crippen LogP contribution in [0.2, 0.25) is 0 Å².